The Hall–Kier alpha value is -0.700. The molecule has 0 aromatic carbocycles. The van der Waals surface area contributed by atoms with E-state index < -0.39 is 0 Å². The van der Waals surface area contributed by atoms with E-state index >= 15 is 0 Å². The topological polar surface area (TPSA) is 26.3 Å². The summed E-state index contributed by atoms with van der Waals surface area (Å²) in [7, 11) is 1.45. The molecule has 1 aliphatic heterocycles. The van der Waals surface area contributed by atoms with E-state index in [-0.39, 0.29) is 16.9 Å². The second kappa shape index (κ2) is 4.01. The predicted molar refractivity (Wildman–Crippen MR) is 56.6 cm³/mol. The van der Waals surface area contributed by atoms with Crippen molar-refractivity contribution in [2.24, 2.45) is 0 Å². The Morgan fingerprint density at radius 2 is 2.15 bits per heavy atom. The molecule has 0 aromatic rings. The maximum Gasteiger partial charge on any atom is 0.386 e. The number of allylic oxidation sites excluding steroid dienone is 2. The molecule has 0 N–H and O–H groups in total. The van der Waals surface area contributed by atoms with Gasteiger partial charge in [-0.1, -0.05) is 0 Å². The number of methoxy groups -OCH3 is 1. The van der Waals surface area contributed by atoms with Gasteiger partial charge in [-0.25, -0.2) is 4.79 Å². The minimum Gasteiger partial charge on any atom is -0.462 e. The highest BCUT2D eigenvalue weighted by Gasteiger charge is 2.31. The van der Waals surface area contributed by atoms with Gasteiger partial charge < -0.3 is 4.74 Å². The van der Waals surface area contributed by atoms with Crippen molar-refractivity contribution in [3.05, 3.63) is 22.1 Å². The van der Waals surface area contributed by atoms with Crippen molar-refractivity contribution in [2.75, 3.05) is 19.1 Å². The molecule has 13 heavy (non-hydrogen) atoms. The van der Waals surface area contributed by atoms with Crippen molar-refractivity contribution in [1.82, 2.24) is 0 Å². The molecular formula is C10H15O2S+. The molecule has 0 bridgehead atoms. The molecule has 1 heterocycles. The molecule has 0 aromatic heterocycles. The lowest BCUT2D eigenvalue weighted by molar-refractivity contribution is -0.135. The van der Waals surface area contributed by atoms with E-state index in [2.05, 4.69) is 13.2 Å². The second-order valence-corrected chi connectivity index (χ2v) is 5.25. The zero-order valence-corrected chi connectivity index (χ0v) is 9.33. The molecule has 1 aliphatic rings. The minimum atomic E-state index is -0.183. The summed E-state index contributed by atoms with van der Waals surface area (Å²) in [5.74, 6) is 0.810. The molecule has 1 unspecified atom stereocenters. The molecule has 2 nitrogen and oxygen atoms in total. The van der Waals surface area contributed by atoms with Crippen molar-refractivity contribution < 1.29 is 9.53 Å². The Balaban J connectivity index is 2.96. The second-order valence-electron chi connectivity index (χ2n) is 3.24. The van der Waals surface area contributed by atoms with Crippen LogP contribution in [-0.2, 0) is 20.4 Å². The van der Waals surface area contributed by atoms with Crippen LogP contribution in [0.2, 0.25) is 0 Å². The average molecular weight is 199 g/mol. The lowest BCUT2D eigenvalue weighted by atomic mass is 10.1. The SMILES string of the molecule is COC(=O)C1=CC(C)=C(C)C[S+]1C. The third-order valence-corrected chi connectivity index (χ3v) is 4.12. The Kier molecular flexibility index (Phi) is 3.20. The predicted octanol–water partition coefficient (Wildman–Crippen LogP) is 1.64. The van der Waals surface area contributed by atoms with Gasteiger partial charge in [0.2, 0.25) is 4.91 Å². The number of ether oxygens (including phenoxy) is 1. The lowest BCUT2D eigenvalue weighted by Gasteiger charge is -2.12. The third-order valence-electron chi connectivity index (χ3n) is 2.22. The number of hydrogen-bond donors (Lipinski definition) is 0. The Labute approximate surface area is 82.0 Å². The first-order chi connectivity index (χ1) is 6.06. The highest BCUT2D eigenvalue weighted by molar-refractivity contribution is 8.01. The van der Waals surface area contributed by atoms with Crippen LogP contribution in [-0.4, -0.2) is 25.1 Å². The van der Waals surface area contributed by atoms with Crippen LogP contribution in [0.1, 0.15) is 13.8 Å². The van der Waals surface area contributed by atoms with Gasteiger partial charge >= 0.3 is 5.97 Å². The fraction of sp³-hybridized carbons (Fsp3) is 0.500. The standard InChI is InChI=1S/C10H15O2S/c1-7-5-9(10(11)12-3)13(4)6-8(7)2/h5H,6H2,1-4H3/q+1. The van der Waals surface area contributed by atoms with Gasteiger partial charge in [-0.2, -0.15) is 0 Å². The molecule has 0 amide bonds. The summed E-state index contributed by atoms with van der Waals surface area (Å²) in [6.07, 6.45) is 4.03. The largest absolute Gasteiger partial charge is 0.462 e. The molecule has 3 heteroatoms. The fourth-order valence-corrected chi connectivity index (χ4v) is 3.02. The van der Waals surface area contributed by atoms with Gasteiger partial charge in [-0.15, -0.1) is 0 Å². The van der Waals surface area contributed by atoms with Crippen LogP contribution in [0.3, 0.4) is 0 Å². The summed E-state index contributed by atoms with van der Waals surface area (Å²) >= 11 is 0. The highest BCUT2D eigenvalue weighted by Crippen LogP contribution is 2.23. The monoisotopic (exact) mass is 199 g/mol. The summed E-state index contributed by atoms with van der Waals surface area (Å²) in [4.78, 5) is 12.1. The molecular weight excluding hydrogens is 184 g/mol. The molecule has 1 rings (SSSR count). The summed E-state index contributed by atoms with van der Waals surface area (Å²) in [5, 5.41) is 0. The van der Waals surface area contributed by atoms with Gasteiger partial charge in [0.05, 0.1) is 7.11 Å². The van der Waals surface area contributed by atoms with Crippen molar-refractivity contribution in [3.8, 4) is 0 Å². The van der Waals surface area contributed by atoms with Crippen LogP contribution in [0.25, 0.3) is 0 Å². The van der Waals surface area contributed by atoms with Crippen molar-refractivity contribution >= 4 is 16.9 Å². The normalized spacial score (nSPS) is 22.8. The van der Waals surface area contributed by atoms with E-state index in [4.69, 9.17) is 4.74 Å². The molecule has 0 spiro atoms. The average Bonchev–Trinajstić information content (AvgIpc) is 2.10. The van der Waals surface area contributed by atoms with Crippen molar-refractivity contribution in [2.45, 2.75) is 13.8 Å². The van der Waals surface area contributed by atoms with Crippen LogP contribution < -0.4 is 0 Å². The van der Waals surface area contributed by atoms with Crippen molar-refractivity contribution in [3.63, 3.8) is 0 Å². The van der Waals surface area contributed by atoms with E-state index in [9.17, 15) is 4.79 Å². The molecule has 72 valence electrons. The van der Waals surface area contributed by atoms with Crippen LogP contribution in [0.5, 0.6) is 0 Å². The maximum atomic E-state index is 11.3. The number of hydrogen-bond acceptors (Lipinski definition) is 2. The smallest absolute Gasteiger partial charge is 0.386 e. The summed E-state index contributed by atoms with van der Waals surface area (Å²) in [6.45, 7) is 4.15. The fourth-order valence-electron chi connectivity index (χ4n) is 1.24. The molecule has 0 saturated carbocycles. The van der Waals surface area contributed by atoms with E-state index in [1.165, 1.54) is 18.3 Å². The molecule has 1 atom stereocenters. The van der Waals surface area contributed by atoms with Crippen LogP contribution in [0.15, 0.2) is 22.1 Å². The minimum absolute atomic E-state index is 0.0200. The Morgan fingerprint density at radius 3 is 2.69 bits per heavy atom. The van der Waals surface area contributed by atoms with Gasteiger partial charge in [-0.3, -0.25) is 0 Å². The van der Waals surface area contributed by atoms with Gasteiger partial charge in [0.1, 0.15) is 12.0 Å². The number of carbonyl (C=O) groups excluding carboxylic acids is 1. The Morgan fingerprint density at radius 1 is 1.54 bits per heavy atom. The molecule has 0 fully saturated rings. The lowest BCUT2D eigenvalue weighted by Crippen LogP contribution is -2.21. The zero-order valence-electron chi connectivity index (χ0n) is 8.51. The van der Waals surface area contributed by atoms with E-state index in [0.29, 0.717) is 0 Å². The number of esters is 1. The third kappa shape index (κ3) is 2.15. The summed E-state index contributed by atoms with van der Waals surface area (Å²) < 4.78 is 4.72. The number of carbonyl (C=O) groups is 1. The van der Waals surface area contributed by atoms with Gasteiger partial charge in [0, 0.05) is 17.0 Å². The first-order valence-corrected chi connectivity index (χ1v) is 5.95. The van der Waals surface area contributed by atoms with Crippen molar-refractivity contribution in [1.29, 1.82) is 0 Å². The molecule has 0 radical (unpaired) electrons. The number of rotatable bonds is 1. The summed E-state index contributed by atoms with van der Waals surface area (Å²) in [6, 6.07) is 0. The van der Waals surface area contributed by atoms with Crippen LogP contribution in [0.4, 0.5) is 0 Å². The highest BCUT2D eigenvalue weighted by atomic mass is 32.2. The van der Waals surface area contributed by atoms with Gasteiger partial charge in [0.25, 0.3) is 0 Å². The molecule has 0 aliphatic carbocycles. The van der Waals surface area contributed by atoms with Crippen LogP contribution in [0, 0.1) is 0 Å². The van der Waals surface area contributed by atoms with Gasteiger partial charge in [0.15, 0.2) is 0 Å². The maximum absolute atomic E-state index is 11.3. The van der Waals surface area contributed by atoms with Crippen LogP contribution >= 0.6 is 0 Å². The van der Waals surface area contributed by atoms with E-state index in [0.717, 1.165) is 10.7 Å². The van der Waals surface area contributed by atoms with Gasteiger partial charge in [-0.05, 0) is 25.0 Å². The van der Waals surface area contributed by atoms with E-state index in [1.807, 2.05) is 13.0 Å². The first-order valence-electron chi connectivity index (χ1n) is 4.15. The van der Waals surface area contributed by atoms with E-state index in [1.54, 1.807) is 0 Å². The quantitative estimate of drug-likeness (QED) is 0.474. The zero-order chi connectivity index (χ0) is 10.0. The Bertz CT molecular complexity index is 289. The summed E-state index contributed by atoms with van der Waals surface area (Å²) in [5.41, 5.74) is 2.57. The molecule has 0 saturated heterocycles. The first kappa shape index (κ1) is 10.4.